The van der Waals surface area contributed by atoms with Crippen LogP contribution in [-0.4, -0.2) is 18.2 Å². The van der Waals surface area contributed by atoms with E-state index in [2.05, 4.69) is 19.9 Å². The second kappa shape index (κ2) is 6.09. The Hall–Kier alpha value is -1.51. The molecule has 0 saturated carbocycles. The van der Waals surface area contributed by atoms with Gasteiger partial charge in [-0.3, -0.25) is 4.79 Å². The maximum absolute atomic E-state index is 11.1. The molecule has 0 unspecified atom stereocenters. The van der Waals surface area contributed by atoms with Crippen molar-refractivity contribution in [3.05, 3.63) is 28.8 Å². The summed E-state index contributed by atoms with van der Waals surface area (Å²) >= 11 is 0. The summed E-state index contributed by atoms with van der Waals surface area (Å²) < 4.78 is 5.39. The van der Waals surface area contributed by atoms with Gasteiger partial charge >= 0.3 is 5.97 Å². The summed E-state index contributed by atoms with van der Waals surface area (Å²) in [7, 11) is 1.68. The van der Waals surface area contributed by atoms with Gasteiger partial charge in [0.1, 0.15) is 5.75 Å². The fourth-order valence-electron chi connectivity index (χ4n) is 2.06. The Balaban J connectivity index is 2.73. The lowest BCUT2D eigenvalue weighted by atomic mass is 9.86. The Kier molecular flexibility index (Phi) is 4.98. The highest BCUT2D eigenvalue weighted by atomic mass is 16.5. The number of carboxylic acids is 1. The Labute approximate surface area is 115 Å². The zero-order valence-electron chi connectivity index (χ0n) is 12.5. The monoisotopic (exact) mass is 264 g/mol. The summed E-state index contributed by atoms with van der Waals surface area (Å²) in [5.41, 5.74) is 2.96. The van der Waals surface area contributed by atoms with Crippen LogP contribution < -0.4 is 4.74 Å². The minimum Gasteiger partial charge on any atom is -0.496 e. The fourth-order valence-corrected chi connectivity index (χ4v) is 2.06. The molecule has 3 nitrogen and oxygen atoms in total. The van der Waals surface area contributed by atoms with Gasteiger partial charge in [0.05, 0.1) is 12.5 Å². The van der Waals surface area contributed by atoms with Crippen molar-refractivity contribution in [2.75, 3.05) is 7.11 Å². The van der Waals surface area contributed by atoms with Gasteiger partial charge < -0.3 is 9.84 Å². The number of rotatable bonds is 6. The molecule has 0 aromatic heterocycles. The van der Waals surface area contributed by atoms with E-state index < -0.39 is 11.4 Å². The van der Waals surface area contributed by atoms with Crippen LogP contribution in [-0.2, 0) is 11.2 Å². The van der Waals surface area contributed by atoms with Crippen LogP contribution in [0.15, 0.2) is 12.1 Å². The van der Waals surface area contributed by atoms with Crippen LogP contribution in [0.2, 0.25) is 0 Å². The summed E-state index contributed by atoms with van der Waals surface area (Å²) in [5.74, 6) is 0.163. The van der Waals surface area contributed by atoms with Gasteiger partial charge in [-0.1, -0.05) is 6.07 Å². The maximum Gasteiger partial charge on any atom is 0.309 e. The van der Waals surface area contributed by atoms with E-state index >= 15 is 0 Å². The summed E-state index contributed by atoms with van der Waals surface area (Å²) in [6.07, 6.45) is 2.36. The first kappa shape index (κ1) is 15.5. The van der Waals surface area contributed by atoms with Gasteiger partial charge in [0, 0.05) is 0 Å². The summed E-state index contributed by atoms with van der Waals surface area (Å²) in [6.45, 7) is 7.69. The molecule has 106 valence electrons. The molecular weight excluding hydrogens is 240 g/mol. The molecular formula is C16H24O3. The lowest BCUT2D eigenvalue weighted by molar-refractivity contribution is -0.147. The van der Waals surface area contributed by atoms with Crippen molar-refractivity contribution < 1.29 is 14.6 Å². The SMILES string of the molecule is COc1cc(C)c(C)cc1CCCC(C)(C)C(=O)O. The van der Waals surface area contributed by atoms with Crippen molar-refractivity contribution >= 4 is 5.97 Å². The molecule has 19 heavy (non-hydrogen) atoms. The van der Waals surface area contributed by atoms with Crippen LogP contribution in [0.1, 0.15) is 43.4 Å². The Morgan fingerprint density at radius 2 is 1.84 bits per heavy atom. The standard InChI is InChI=1S/C16H24O3/c1-11-9-13(14(19-5)10-12(11)2)7-6-8-16(3,4)15(17)18/h9-10H,6-8H2,1-5H3,(H,17,18). The first-order chi connectivity index (χ1) is 8.77. The molecule has 0 radical (unpaired) electrons. The van der Waals surface area contributed by atoms with Gasteiger partial charge in [0.15, 0.2) is 0 Å². The van der Waals surface area contributed by atoms with E-state index in [0.29, 0.717) is 6.42 Å². The number of aliphatic carboxylic acids is 1. The molecule has 0 saturated heterocycles. The van der Waals surface area contributed by atoms with Crippen molar-refractivity contribution in [3.8, 4) is 5.75 Å². The van der Waals surface area contributed by atoms with Crippen LogP contribution in [0.3, 0.4) is 0 Å². The molecule has 0 atom stereocenters. The predicted molar refractivity (Wildman–Crippen MR) is 76.8 cm³/mol. The molecule has 3 heteroatoms. The van der Waals surface area contributed by atoms with Gasteiger partial charge in [-0.2, -0.15) is 0 Å². The average molecular weight is 264 g/mol. The predicted octanol–water partition coefficient (Wildman–Crippen LogP) is 3.75. The molecule has 1 rings (SSSR count). The lowest BCUT2D eigenvalue weighted by Gasteiger charge is -2.19. The van der Waals surface area contributed by atoms with Gasteiger partial charge in [-0.05, 0) is 69.7 Å². The zero-order valence-corrected chi connectivity index (χ0v) is 12.5. The van der Waals surface area contributed by atoms with Crippen LogP contribution in [0.25, 0.3) is 0 Å². The van der Waals surface area contributed by atoms with Crippen LogP contribution in [0.4, 0.5) is 0 Å². The van der Waals surface area contributed by atoms with Crippen molar-refractivity contribution in [1.82, 2.24) is 0 Å². The second-order valence-corrected chi connectivity index (χ2v) is 5.79. The highest BCUT2D eigenvalue weighted by Crippen LogP contribution is 2.28. The Morgan fingerprint density at radius 1 is 1.26 bits per heavy atom. The van der Waals surface area contributed by atoms with Crippen LogP contribution in [0, 0.1) is 19.3 Å². The normalized spacial score (nSPS) is 11.4. The van der Waals surface area contributed by atoms with E-state index in [4.69, 9.17) is 9.84 Å². The number of benzene rings is 1. The van der Waals surface area contributed by atoms with Gasteiger partial charge in [0.25, 0.3) is 0 Å². The largest absolute Gasteiger partial charge is 0.496 e. The third-order valence-electron chi connectivity index (χ3n) is 3.72. The van der Waals surface area contributed by atoms with Crippen molar-refractivity contribution in [2.24, 2.45) is 5.41 Å². The van der Waals surface area contributed by atoms with E-state index in [9.17, 15) is 4.79 Å². The van der Waals surface area contributed by atoms with Crippen molar-refractivity contribution in [2.45, 2.75) is 47.0 Å². The van der Waals surface area contributed by atoms with Crippen LogP contribution >= 0.6 is 0 Å². The molecule has 0 fully saturated rings. The number of methoxy groups -OCH3 is 1. The van der Waals surface area contributed by atoms with E-state index in [1.807, 2.05) is 6.07 Å². The second-order valence-electron chi connectivity index (χ2n) is 5.79. The summed E-state index contributed by atoms with van der Waals surface area (Å²) in [4.78, 5) is 11.1. The lowest BCUT2D eigenvalue weighted by Crippen LogP contribution is -2.23. The highest BCUT2D eigenvalue weighted by molar-refractivity contribution is 5.73. The molecule has 0 aliphatic carbocycles. The minimum atomic E-state index is -0.737. The number of carbonyl (C=O) groups is 1. The quantitative estimate of drug-likeness (QED) is 0.851. The summed E-state index contributed by atoms with van der Waals surface area (Å²) in [6, 6.07) is 4.19. The number of carboxylic acid groups (broad SMARTS) is 1. The smallest absolute Gasteiger partial charge is 0.309 e. The fraction of sp³-hybridized carbons (Fsp3) is 0.562. The first-order valence-corrected chi connectivity index (χ1v) is 6.65. The molecule has 1 N–H and O–H groups in total. The Bertz CT molecular complexity index is 461. The zero-order chi connectivity index (χ0) is 14.6. The molecule has 0 aliphatic heterocycles. The van der Waals surface area contributed by atoms with Gasteiger partial charge in [-0.15, -0.1) is 0 Å². The number of hydrogen-bond donors (Lipinski definition) is 1. The van der Waals surface area contributed by atoms with Crippen LogP contribution in [0.5, 0.6) is 5.75 Å². The Morgan fingerprint density at radius 3 is 2.37 bits per heavy atom. The van der Waals surface area contributed by atoms with E-state index in [1.54, 1.807) is 21.0 Å². The molecule has 0 bridgehead atoms. The number of ether oxygens (including phenoxy) is 1. The van der Waals surface area contributed by atoms with E-state index in [0.717, 1.165) is 24.2 Å². The van der Waals surface area contributed by atoms with Crippen molar-refractivity contribution in [1.29, 1.82) is 0 Å². The molecule has 0 heterocycles. The topological polar surface area (TPSA) is 46.5 Å². The third-order valence-corrected chi connectivity index (χ3v) is 3.72. The molecule has 0 spiro atoms. The van der Waals surface area contributed by atoms with Crippen molar-refractivity contribution in [3.63, 3.8) is 0 Å². The van der Waals surface area contributed by atoms with Gasteiger partial charge in [-0.25, -0.2) is 0 Å². The molecule has 0 aliphatic rings. The first-order valence-electron chi connectivity index (χ1n) is 6.65. The maximum atomic E-state index is 11.1. The molecule has 1 aromatic carbocycles. The summed E-state index contributed by atoms with van der Waals surface area (Å²) in [5, 5.41) is 9.10. The van der Waals surface area contributed by atoms with E-state index in [1.165, 1.54) is 11.1 Å². The third kappa shape index (κ3) is 3.98. The number of hydrogen-bond acceptors (Lipinski definition) is 2. The molecule has 1 aromatic rings. The average Bonchev–Trinajstić information content (AvgIpc) is 2.32. The van der Waals surface area contributed by atoms with Gasteiger partial charge in [0.2, 0.25) is 0 Å². The minimum absolute atomic E-state index is 0.660. The highest BCUT2D eigenvalue weighted by Gasteiger charge is 2.26. The number of aryl methyl sites for hydroxylation is 3. The van der Waals surface area contributed by atoms with E-state index in [-0.39, 0.29) is 0 Å². The molecule has 0 amide bonds.